The lowest BCUT2D eigenvalue weighted by molar-refractivity contribution is -0.0919. The first-order chi connectivity index (χ1) is 28.9. The molecule has 0 radical (unpaired) electrons. The minimum atomic E-state index is -1.93. The van der Waals surface area contributed by atoms with E-state index in [2.05, 4.69) is 26.0 Å². The normalized spacial score (nSPS) is 18.8. The predicted molar refractivity (Wildman–Crippen MR) is 227 cm³/mol. The molecule has 318 valence electrons. The molecule has 17 heteroatoms. The molecule has 60 heavy (non-hydrogen) atoms. The van der Waals surface area contributed by atoms with E-state index in [9.17, 15) is 10.1 Å². The number of nitrogens with one attached hydrogen (secondary N) is 1. The van der Waals surface area contributed by atoms with Gasteiger partial charge in [-0.2, -0.15) is 10.2 Å². The Labute approximate surface area is 350 Å². The molecule has 1 aliphatic rings. The molecule has 0 bridgehead atoms. The SMILES string of the molecule is COc1ccc(C(OC[C@H]2O[C@@H](n3cnc4c(=O)[nH]c(N=CN(C)C)nc43)[C@@H](F)C2OP(OCCC#N)N(C(C)C)C(C)C)(c2ccccc2)c2ccc(OC)cc2)cc1. The molecule has 3 aromatic carbocycles. The Morgan fingerprint density at radius 1 is 0.983 bits per heavy atom. The number of H-pyrrole nitrogens is 1. The number of alkyl halides is 1. The quantitative estimate of drug-likeness (QED) is 0.0292. The molecule has 0 amide bonds. The van der Waals surface area contributed by atoms with E-state index in [0.717, 1.165) is 16.7 Å². The lowest BCUT2D eigenvalue weighted by Crippen LogP contribution is -2.41. The van der Waals surface area contributed by atoms with Crippen LogP contribution in [0, 0.1) is 11.3 Å². The van der Waals surface area contributed by atoms with Gasteiger partial charge in [-0.05, 0) is 68.7 Å². The van der Waals surface area contributed by atoms with Crippen LogP contribution in [0.5, 0.6) is 11.5 Å². The summed E-state index contributed by atoms with van der Waals surface area (Å²) < 4.78 is 58.9. The van der Waals surface area contributed by atoms with Crippen LogP contribution in [0.1, 0.15) is 57.0 Å². The van der Waals surface area contributed by atoms with Crippen LogP contribution in [-0.4, -0.2) is 107 Å². The van der Waals surface area contributed by atoms with Crippen LogP contribution in [0.4, 0.5) is 10.3 Å². The Morgan fingerprint density at radius 2 is 1.58 bits per heavy atom. The molecule has 2 unspecified atom stereocenters. The highest BCUT2D eigenvalue weighted by Gasteiger charge is 2.51. The maximum atomic E-state index is 17.6. The Hall–Kier alpha value is -5.27. The predicted octanol–water partition coefficient (Wildman–Crippen LogP) is 7.26. The van der Waals surface area contributed by atoms with Gasteiger partial charge in [-0.15, -0.1) is 0 Å². The number of methoxy groups -OCH3 is 2. The fourth-order valence-corrected chi connectivity index (χ4v) is 8.96. The lowest BCUT2D eigenvalue weighted by atomic mass is 9.80. The minimum Gasteiger partial charge on any atom is -0.497 e. The van der Waals surface area contributed by atoms with Crippen LogP contribution in [0.3, 0.4) is 0 Å². The Morgan fingerprint density at radius 3 is 2.13 bits per heavy atom. The van der Waals surface area contributed by atoms with E-state index < -0.39 is 44.3 Å². The lowest BCUT2D eigenvalue weighted by Gasteiger charge is -2.39. The highest BCUT2D eigenvalue weighted by Crippen LogP contribution is 2.51. The first kappa shape index (κ1) is 44.3. The molecule has 15 nitrogen and oxygen atoms in total. The topological polar surface area (TPSA) is 162 Å². The number of hydrogen-bond donors (Lipinski definition) is 1. The molecule has 0 saturated carbocycles. The number of halogens is 1. The number of imidazole rings is 1. The van der Waals surface area contributed by atoms with Crippen LogP contribution >= 0.6 is 8.53 Å². The minimum absolute atomic E-state index is 0.00888. The van der Waals surface area contributed by atoms with Gasteiger partial charge in [-0.1, -0.05) is 54.6 Å². The third-order valence-electron chi connectivity index (χ3n) is 9.88. The Kier molecular flexibility index (Phi) is 14.7. The average Bonchev–Trinajstić information content (AvgIpc) is 3.81. The fourth-order valence-electron chi connectivity index (χ4n) is 7.19. The van der Waals surface area contributed by atoms with E-state index in [1.165, 1.54) is 17.2 Å². The third kappa shape index (κ3) is 9.52. The maximum absolute atomic E-state index is 17.6. The van der Waals surface area contributed by atoms with Crippen molar-refractivity contribution in [2.75, 3.05) is 41.5 Å². The summed E-state index contributed by atoms with van der Waals surface area (Å²) in [6.07, 6.45) is -2.59. The first-order valence-electron chi connectivity index (χ1n) is 19.6. The second-order valence-corrected chi connectivity index (χ2v) is 16.3. The molecule has 2 aromatic heterocycles. The van der Waals surface area contributed by atoms with Crippen molar-refractivity contribution in [2.24, 2.45) is 4.99 Å². The highest BCUT2D eigenvalue weighted by molar-refractivity contribution is 7.44. The number of benzene rings is 3. The summed E-state index contributed by atoms with van der Waals surface area (Å²) in [4.78, 5) is 30.6. The fraction of sp³-hybridized carbons (Fsp3) is 0.419. The van der Waals surface area contributed by atoms with Crippen molar-refractivity contribution in [3.8, 4) is 17.6 Å². The molecule has 0 spiro atoms. The number of aliphatic imine (C=N–C) groups is 1. The Bertz CT molecular complexity index is 2230. The van der Waals surface area contributed by atoms with Crippen molar-refractivity contribution < 1.29 is 32.4 Å². The van der Waals surface area contributed by atoms with Crippen LogP contribution in [0.2, 0.25) is 0 Å². The number of aromatic nitrogens is 4. The summed E-state index contributed by atoms with van der Waals surface area (Å²) in [7, 11) is 4.83. The number of fused-ring (bicyclic) bond motifs is 1. The molecule has 0 aliphatic carbocycles. The standard InChI is InChI=1S/C43H52FN8O7P/c1-28(2)52(29(3)4)60(57-24-12-23-45)59-38-35(58-41(36(38)44)51-27-46-37-39(51)48-42(49-40(37)53)47-26-50(5)6)25-56-43(30-13-10-9-11-14-30,31-15-19-33(54-7)20-16-31)32-17-21-34(55-8)22-18-32/h9-11,13-22,26-29,35-36,38,41H,12,24-25H2,1-8H3,(H,48,49,53)/t35-,36+,38?,41-,60?/m1/s1. The van der Waals surface area contributed by atoms with Gasteiger partial charge in [0, 0.05) is 26.2 Å². The summed E-state index contributed by atoms with van der Waals surface area (Å²) in [5.74, 6) is 1.33. The number of ether oxygens (including phenoxy) is 4. The van der Waals surface area contributed by atoms with Crippen LogP contribution in [0.15, 0.2) is 95.0 Å². The summed E-state index contributed by atoms with van der Waals surface area (Å²) in [6, 6.07) is 26.9. The smallest absolute Gasteiger partial charge is 0.280 e. The van der Waals surface area contributed by atoms with Crippen molar-refractivity contribution in [2.45, 2.75) is 76.4 Å². The number of hydrogen-bond acceptors (Lipinski definition) is 12. The van der Waals surface area contributed by atoms with Gasteiger partial charge in [0.05, 0.1) is 52.6 Å². The van der Waals surface area contributed by atoms with Crippen LogP contribution in [0.25, 0.3) is 11.2 Å². The van der Waals surface area contributed by atoms with E-state index >= 15 is 4.39 Å². The number of rotatable bonds is 19. The van der Waals surface area contributed by atoms with Crippen molar-refractivity contribution in [3.05, 3.63) is 112 Å². The zero-order chi connectivity index (χ0) is 43.0. The van der Waals surface area contributed by atoms with E-state index in [4.69, 9.17) is 28.0 Å². The van der Waals surface area contributed by atoms with Gasteiger partial charge in [0.15, 0.2) is 23.6 Å². The summed E-state index contributed by atoms with van der Waals surface area (Å²) in [5.41, 5.74) is 0.595. The van der Waals surface area contributed by atoms with E-state index in [0.29, 0.717) is 11.5 Å². The van der Waals surface area contributed by atoms with Gasteiger partial charge in [-0.3, -0.25) is 14.3 Å². The summed E-state index contributed by atoms with van der Waals surface area (Å²) >= 11 is 0. The molecule has 5 atom stereocenters. The molecule has 5 aromatic rings. The molecule has 3 heterocycles. The zero-order valence-corrected chi connectivity index (χ0v) is 36.0. The molecule has 1 N–H and O–H groups in total. The van der Waals surface area contributed by atoms with Crippen molar-refractivity contribution in [1.29, 1.82) is 5.26 Å². The largest absolute Gasteiger partial charge is 0.497 e. The molecule has 1 aliphatic heterocycles. The van der Waals surface area contributed by atoms with Crippen molar-refractivity contribution >= 4 is 32.0 Å². The van der Waals surface area contributed by atoms with Crippen molar-refractivity contribution in [1.82, 2.24) is 29.1 Å². The van der Waals surface area contributed by atoms with Gasteiger partial charge in [-0.25, -0.2) is 19.0 Å². The van der Waals surface area contributed by atoms with E-state index in [-0.39, 0.29) is 48.8 Å². The summed E-state index contributed by atoms with van der Waals surface area (Å²) in [5, 5.41) is 9.38. The monoisotopic (exact) mass is 842 g/mol. The van der Waals surface area contributed by atoms with Gasteiger partial charge >= 0.3 is 0 Å². The number of aromatic amines is 1. The second kappa shape index (κ2) is 19.9. The molecule has 1 saturated heterocycles. The number of nitriles is 1. The van der Waals surface area contributed by atoms with E-state index in [1.54, 1.807) is 33.2 Å². The summed E-state index contributed by atoms with van der Waals surface area (Å²) in [6.45, 7) is 7.91. The van der Waals surface area contributed by atoms with Crippen LogP contribution < -0.4 is 15.0 Å². The first-order valence-corrected chi connectivity index (χ1v) is 20.7. The second-order valence-electron chi connectivity index (χ2n) is 14.9. The highest BCUT2D eigenvalue weighted by atomic mass is 31.2. The maximum Gasteiger partial charge on any atom is 0.280 e. The Balaban J connectivity index is 1.48. The van der Waals surface area contributed by atoms with Crippen LogP contribution in [-0.2, 0) is 24.1 Å². The molecule has 6 rings (SSSR count). The van der Waals surface area contributed by atoms with E-state index in [1.807, 2.05) is 111 Å². The van der Waals surface area contributed by atoms with Crippen molar-refractivity contribution in [3.63, 3.8) is 0 Å². The molecular weight excluding hydrogens is 790 g/mol. The van der Waals surface area contributed by atoms with Gasteiger partial charge in [0.25, 0.3) is 14.1 Å². The van der Waals surface area contributed by atoms with Gasteiger partial charge in [0.2, 0.25) is 5.95 Å². The number of nitrogens with zero attached hydrogens (tertiary/aromatic N) is 7. The average molecular weight is 843 g/mol. The van der Waals surface area contributed by atoms with Gasteiger partial charge < -0.3 is 32.9 Å². The van der Waals surface area contributed by atoms with Gasteiger partial charge in [0.1, 0.15) is 29.3 Å². The molecular formula is C43H52FN8O7P. The molecule has 1 fully saturated rings. The zero-order valence-electron chi connectivity index (χ0n) is 35.1. The third-order valence-corrected chi connectivity index (χ3v) is 12.0.